The van der Waals surface area contributed by atoms with Gasteiger partial charge in [0.15, 0.2) is 11.0 Å². The number of thiol groups is 1. The van der Waals surface area contributed by atoms with Gasteiger partial charge in [0.25, 0.3) is 0 Å². The van der Waals surface area contributed by atoms with Crippen LogP contribution in [0.1, 0.15) is 5.56 Å². The second-order valence-electron chi connectivity index (χ2n) is 4.76. The van der Waals surface area contributed by atoms with Gasteiger partial charge in [0.1, 0.15) is 10.3 Å². The number of hydrogen-bond donors (Lipinski definition) is 1. The first-order valence-corrected chi connectivity index (χ1v) is 7.66. The van der Waals surface area contributed by atoms with Crippen LogP contribution in [0.15, 0.2) is 35.5 Å². The first-order chi connectivity index (χ1) is 11.0. The Morgan fingerprint density at radius 2 is 1.78 bits per heavy atom. The van der Waals surface area contributed by atoms with Crippen LogP contribution < -0.4 is 0 Å². The smallest absolute Gasteiger partial charge is 0.188 e. The van der Waals surface area contributed by atoms with Gasteiger partial charge in [-0.15, -0.1) is 22.8 Å². The first-order valence-electron chi connectivity index (χ1n) is 6.46. The SMILES string of the molecule is Cn1c(S)nnc1-c1cc(C#N)ccc1-c1cc(Cl)nc(Cl)c1. The lowest BCUT2D eigenvalue weighted by Gasteiger charge is -2.10. The predicted octanol–water partition coefficient (Wildman–Crippen LogP) is 4.01. The van der Waals surface area contributed by atoms with Crippen LogP contribution in [-0.4, -0.2) is 19.7 Å². The van der Waals surface area contributed by atoms with Crippen molar-refractivity contribution in [2.24, 2.45) is 7.05 Å². The number of aromatic nitrogens is 4. The lowest BCUT2D eigenvalue weighted by molar-refractivity contribution is 0.798. The van der Waals surface area contributed by atoms with Crippen molar-refractivity contribution in [3.63, 3.8) is 0 Å². The molecule has 8 heteroatoms. The van der Waals surface area contributed by atoms with E-state index in [2.05, 4.69) is 33.9 Å². The molecule has 0 saturated carbocycles. The van der Waals surface area contributed by atoms with Crippen LogP contribution in [0.2, 0.25) is 10.3 Å². The number of rotatable bonds is 2. The Labute approximate surface area is 147 Å². The monoisotopic (exact) mass is 361 g/mol. The van der Waals surface area contributed by atoms with Crippen LogP contribution in [0, 0.1) is 11.3 Å². The highest BCUT2D eigenvalue weighted by Gasteiger charge is 2.16. The lowest BCUT2D eigenvalue weighted by Crippen LogP contribution is -1.96. The molecule has 0 bridgehead atoms. The maximum Gasteiger partial charge on any atom is 0.188 e. The zero-order valence-electron chi connectivity index (χ0n) is 11.8. The quantitative estimate of drug-likeness (QED) is 0.553. The lowest BCUT2D eigenvalue weighted by atomic mass is 9.98. The molecular weight excluding hydrogens is 353 g/mol. The third-order valence-electron chi connectivity index (χ3n) is 3.32. The van der Waals surface area contributed by atoms with E-state index in [1.807, 2.05) is 6.07 Å². The molecule has 2 aromatic heterocycles. The maximum absolute atomic E-state index is 9.17. The second-order valence-corrected chi connectivity index (χ2v) is 5.93. The molecule has 0 aliphatic rings. The van der Waals surface area contributed by atoms with E-state index in [-0.39, 0.29) is 10.3 Å². The molecule has 114 valence electrons. The average molecular weight is 362 g/mol. The number of pyridine rings is 1. The molecule has 0 atom stereocenters. The largest absolute Gasteiger partial charge is 0.305 e. The van der Waals surface area contributed by atoms with Gasteiger partial charge in [-0.3, -0.25) is 0 Å². The van der Waals surface area contributed by atoms with E-state index >= 15 is 0 Å². The Morgan fingerprint density at radius 1 is 1.09 bits per heavy atom. The summed E-state index contributed by atoms with van der Waals surface area (Å²) in [4.78, 5) is 3.95. The van der Waals surface area contributed by atoms with Crippen LogP contribution in [0.5, 0.6) is 0 Å². The van der Waals surface area contributed by atoms with Crippen molar-refractivity contribution in [3.05, 3.63) is 46.2 Å². The number of hydrogen-bond acceptors (Lipinski definition) is 5. The summed E-state index contributed by atoms with van der Waals surface area (Å²) >= 11 is 16.2. The van der Waals surface area contributed by atoms with E-state index in [1.54, 1.807) is 35.9 Å². The molecule has 1 aromatic carbocycles. The molecule has 0 N–H and O–H groups in total. The Bertz CT molecular complexity index is 925. The maximum atomic E-state index is 9.17. The zero-order chi connectivity index (χ0) is 16.6. The van der Waals surface area contributed by atoms with Crippen molar-refractivity contribution in [2.75, 3.05) is 0 Å². The molecule has 0 radical (unpaired) electrons. The summed E-state index contributed by atoms with van der Waals surface area (Å²) in [7, 11) is 1.80. The van der Waals surface area contributed by atoms with Gasteiger partial charge in [-0.05, 0) is 35.4 Å². The van der Waals surface area contributed by atoms with E-state index in [1.165, 1.54) is 0 Å². The normalized spacial score (nSPS) is 10.6. The third kappa shape index (κ3) is 3.04. The van der Waals surface area contributed by atoms with Crippen molar-refractivity contribution in [2.45, 2.75) is 5.16 Å². The summed E-state index contributed by atoms with van der Waals surface area (Å²) in [5.41, 5.74) is 2.84. The van der Waals surface area contributed by atoms with Crippen molar-refractivity contribution in [1.29, 1.82) is 5.26 Å². The summed E-state index contributed by atoms with van der Waals surface area (Å²) in [5, 5.41) is 18.3. The average Bonchev–Trinajstić information content (AvgIpc) is 2.85. The van der Waals surface area contributed by atoms with Gasteiger partial charge >= 0.3 is 0 Å². The van der Waals surface area contributed by atoms with Crippen LogP contribution in [-0.2, 0) is 7.05 Å². The molecule has 3 aromatic rings. The van der Waals surface area contributed by atoms with E-state index < -0.39 is 0 Å². The number of halogens is 2. The number of nitrogens with zero attached hydrogens (tertiary/aromatic N) is 5. The Hall–Kier alpha value is -2.07. The highest BCUT2D eigenvalue weighted by molar-refractivity contribution is 7.80. The zero-order valence-corrected chi connectivity index (χ0v) is 14.2. The van der Waals surface area contributed by atoms with Crippen LogP contribution in [0.3, 0.4) is 0 Å². The highest BCUT2D eigenvalue weighted by atomic mass is 35.5. The Balaban J connectivity index is 2.29. The Kier molecular flexibility index (Phi) is 4.26. The molecule has 2 heterocycles. The van der Waals surface area contributed by atoms with E-state index in [0.29, 0.717) is 16.5 Å². The molecule has 0 amide bonds. The van der Waals surface area contributed by atoms with Crippen molar-refractivity contribution in [3.8, 4) is 28.6 Å². The highest BCUT2D eigenvalue weighted by Crippen LogP contribution is 2.34. The molecule has 0 aliphatic carbocycles. The van der Waals surface area contributed by atoms with Gasteiger partial charge in [0.2, 0.25) is 0 Å². The van der Waals surface area contributed by atoms with Crippen LogP contribution in [0.4, 0.5) is 0 Å². The summed E-state index contributed by atoms with van der Waals surface area (Å²) < 4.78 is 1.73. The second kappa shape index (κ2) is 6.20. The molecule has 0 fully saturated rings. The molecule has 0 saturated heterocycles. The molecule has 0 unspecified atom stereocenters. The van der Waals surface area contributed by atoms with Crippen LogP contribution in [0.25, 0.3) is 22.5 Å². The number of nitriles is 1. The molecule has 3 rings (SSSR count). The molecular formula is C15H9Cl2N5S. The minimum atomic E-state index is 0.288. The molecule has 5 nitrogen and oxygen atoms in total. The summed E-state index contributed by atoms with van der Waals surface area (Å²) in [6.07, 6.45) is 0. The standard InChI is InChI=1S/C15H9Cl2N5S/c1-22-14(20-21-15(22)23)11-4-8(7-18)2-3-10(11)9-5-12(16)19-13(17)6-9/h2-6H,1H3,(H,21,23). The van der Waals surface area contributed by atoms with Gasteiger partial charge in [0.05, 0.1) is 11.6 Å². The fourth-order valence-electron chi connectivity index (χ4n) is 2.23. The summed E-state index contributed by atoms with van der Waals surface area (Å²) in [5.74, 6) is 0.589. The van der Waals surface area contributed by atoms with Crippen LogP contribution >= 0.6 is 35.8 Å². The third-order valence-corrected chi connectivity index (χ3v) is 4.09. The summed E-state index contributed by atoms with van der Waals surface area (Å²) in [6, 6.07) is 10.8. The molecule has 0 spiro atoms. The topological polar surface area (TPSA) is 67.4 Å². The molecule has 0 aliphatic heterocycles. The van der Waals surface area contributed by atoms with Gasteiger partial charge in [0, 0.05) is 12.6 Å². The summed E-state index contributed by atoms with van der Waals surface area (Å²) in [6.45, 7) is 0. The van der Waals surface area contributed by atoms with E-state index in [9.17, 15) is 5.26 Å². The van der Waals surface area contributed by atoms with E-state index in [4.69, 9.17) is 23.2 Å². The minimum absolute atomic E-state index is 0.288. The number of benzene rings is 1. The van der Waals surface area contributed by atoms with Gasteiger partial charge in [-0.25, -0.2) is 4.98 Å². The molecule has 23 heavy (non-hydrogen) atoms. The van der Waals surface area contributed by atoms with Crippen molar-refractivity contribution >= 4 is 35.8 Å². The fraction of sp³-hybridized carbons (Fsp3) is 0.0667. The van der Waals surface area contributed by atoms with E-state index in [0.717, 1.165) is 16.7 Å². The Morgan fingerprint density at radius 3 is 2.35 bits per heavy atom. The predicted molar refractivity (Wildman–Crippen MR) is 91.7 cm³/mol. The van der Waals surface area contributed by atoms with Crippen molar-refractivity contribution < 1.29 is 0 Å². The van der Waals surface area contributed by atoms with Gasteiger partial charge in [-0.1, -0.05) is 29.3 Å². The van der Waals surface area contributed by atoms with Crippen molar-refractivity contribution in [1.82, 2.24) is 19.7 Å². The minimum Gasteiger partial charge on any atom is -0.305 e. The van der Waals surface area contributed by atoms with Gasteiger partial charge in [-0.2, -0.15) is 5.26 Å². The fourth-order valence-corrected chi connectivity index (χ4v) is 2.83. The first kappa shape index (κ1) is 15.8. The van der Waals surface area contributed by atoms with Gasteiger partial charge < -0.3 is 4.57 Å².